The van der Waals surface area contributed by atoms with E-state index in [0.717, 1.165) is 6.07 Å². The van der Waals surface area contributed by atoms with Gasteiger partial charge in [-0.3, -0.25) is 0 Å². The van der Waals surface area contributed by atoms with E-state index >= 15 is 0 Å². The highest BCUT2D eigenvalue weighted by Gasteiger charge is 2.39. The number of hydrogen-bond acceptors (Lipinski definition) is 2. The summed E-state index contributed by atoms with van der Waals surface area (Å²) in [5.41, 5.74) is 0.000000000000000444. The number of phenolic OH excluding ortho intramolecular Hbond substituents is 1. The van der Waals surface area contributed by atoms with Gasteiger partial charge in [0.2, 0.25) is 0 Å². The van der Waals surface area contributed by atoms with Crippen LogP contribution in [0, 0.1) is 0 Å². The molecule has 0 saturated carbocycles. The molecule has 1 aromatic carbocycles. The van der Waals surface area contributed by atoms with Crippen molar-refractivity contribution in [3.8, 4) is 5.75 Å². The van der Waals surface area contributed by atoms with Gasteiger partial charge in [-0.25, -0.2) is 0 Å². The number of rotatable bonds is 2. The zero-order chi connectivity index (χ0) is 10.8. The summed E-state index contributed by atoms with van der Waals surface area (Å²) >= 11 is 0. The molecule has 78 valence electrons. The van der Waals surface area contributed by atoms with Gasteiger partial charge in [-0.05, 0) is 24.7 Å². The lowest BCUT2D eigenvalue weighted by Gasteiger charge is -2.19. The summed E-state index contributed by atoms with van der Waals surface area (Å²) in [6.45, 7) is 0. The molecule has 1 aromatic rings. The quantitative estimate of drug-likeness (QED) is 0.775. The van der Waals surface area contributed by atoms with Gasteiger partial charge < -0.3 is 10.4 Å². The predicted molar refractivity (Wildman–Crippen MR) is 46.0 cm³/mol. The molecule has 0 spiro atoms. The molecule has 1 rings (SSSR count). The maximum atomic E-state index is 12.4. The Balaban J connectivity index is 3.01. The van der Waals surface area contributed by atoms with Gasteiger partial charge in [-0.15, -0.1) is 0 Å². The second kappa shape index (κ2) is 3.88. The first kappa shape index (κ1) is 10.8. The van der Waals surface area contributed by atoms with Crippen LogP contribution in [0.2, 0.25) is 0 Å². The standard InChI is InChI=1S/C9H10F3NO/c1-13-8(9(10,11)12)6-3-2-4-7(14)5-6/h2-5,8,13-14H,1H3. The molecule has 0 fully saturated rings. The highest BCUT2D eigenvalue weighted by atomic mass is 19.4. The van der Waals surface area contributed by atoms with E-state index in [1.807, 2.05) is 0 Å². The Hall–Kier alpha value is -1.23. The van der Waals surface area contributed by atoms with E-state index in [4.69, 9.17) is 5.11 Å². The first-order valence-corrected chi connectivity index (χ1v) is 3.98. The summed E-state index contributed by atoms with van der Waals surface area (Å²) in [4.78, 5) is 0. The third-order valence-corrected chi connectivity index (χ3v) is 1.82. The van der Waals surface area contributed by atoms with Crippen molar-refractivity contribution in [3.63, 3.8) is 0 Å². The molecule has 0 aromatic heterocycles. The zero-order valence-corrected chi connectivity index (χ0v) is 7.47. The summed E-state index contributed by atoms with van der Waals surface area (Å²) < 4.78 is 37.2. The van der Waals surface area contributed by atoms with Crippen LogP contribution in [0.5, 0.6) is 5.75 Å². The maximum Gasteiger partial charge on any atom is 0.407 e. The lowest BCUT2D eigenvalue weighted by atomic mass is 10.1. The average Bonchev–Trinajstić information content (AvgIpc) is 2.02. The molecular weight excluding hydrogens is 195 g/mol. The molecular formula is C9H10F3NO. The number of benzene rings is 1. The van der Waals surface area contributed by atoms with Crippen molar-refractivity contribution < 1.29 is 18.3 Å². The molecule has 2 N–H and O–H groups in total. The molecule has 2 nitrogen and oxygen atoms in total. The van der Waals surface area contributed by atoms with Crippen LogP contribution in [-0.4, -0.2) is 18.3 Å². The molecule has 1 atom stereocenters. The SMILES string of the molecule is CNC(c1cccc(O)c1)C(F)(F)F. The van der Waals surface area contributed by atoms with Gasteiger partial charge >= 0.3 is 6.18 Å². The smallest absolute Gasteiger partial charge is 0.407 e. The highest BCUT2D eigenvalue weighted by molar-refractivity contribution is 5.30. The fourth-order valence-corrected chi connectivity index (χ4v) is 1.22. The fraction of sp³-hybridized carbons (Fsp3) is 0.333. The van der Waals surface area contributed by atoms with Gasteiger partial charge in [0.1, 0.15) is 11.8 Å². The lowest BCUT2D eigenvalue weighted by molar-refractivity contribution is -0.156. The first-order valence-electron chi connectivity index (χ1n) is 3.98. The molecule has 0 heterocycles. The Kier molecular flexibility index (Phi) is 3.00. The Bertz CT molecular complexity index is 311. The van der Waals surface area contributed by atoms with Crippen molar-refractivity contribution in [2.75, 3.05) is 7.05 Å². The molecule has 0 bridgehead atoms. The van der Waals surface area contributed by atoms with Gasteiger partial charge in [0, 0.05) is 0 Å². The van der Waals surface area contributed by atoms with Crippen molar-refractivity contribution in [1.82, 2.24) is 5.32 Å². The Morgan fingerprint density at radius 2 is 2.00 bits per heavy atom. The molecule has 0 amide bonds. The number of alkyl halides is 3. The van der Waals surface area contributed by atoms with E-state index < -0.39 is 12.2 Å². The minimum atomic E-state index is -4.36. The van der Waals surface area contributed by atoms with E-state index in [-0.39, 0.29) is 11.3 Å². The van der Waals surface area contributed by atoms with Crippen LogP contribution in [0.3, 0.4) is 0 Å². The van der Waals surface area contributed by atoms with Crippen LogP contribution >= 0.6 is 0 Å². The Labute approximate surface area is 79.4 Å². The van der Waals surface area contributed by atoms with Crippen LogP contribution in [0.4, 0.5) is 13.2 Å². The van der Waals surface area contributed by atoms with Gasteiger partial charge in [0.05, 0.1) is 0 Å². The zero-order valence-electron chi connectivity index (χ0n) is 7.47. The summed E-state index contributed by atoms with van der Waals surface area (Å²) in [7, 11) is 1.22. The van der Waals surface area contributed by atoms with Crippen LogP contribution < -0.4 is 5.32 Å². The highest BCUT2D eigenvalue weighted by Crippen LogP contribution is 2.33. The van der Waals surface area contributed by atoms with E-state index in [1.165, 1.54) is 25.2 Å². The first-order chi connectivity index (χ1) is 6.45. The van der Waals surface area contributed by atoms with Gasteiger partial charge in [-0.2, -0.15) is 13.2 Å². The summed E-state index contributed by atoms with van der Waals surface area (Å²) in [6.07, 6.45) is -4.36. The van der Waals surface area contributed by atoms with Crippen LogP contribution in [0.1, 0.15) is 11.6 Å². The molecule has 0 aliphatic carbocycles. The van der Waals surface area contributed by atoms with Crippen LogP contribution in [0.15, 0.2) is 24.3 Å². The van der Waals surface area contributed by atoms with Gasteiger partial charge in [-0.1, -0.05) is 12.1 Å². The van der Waals surface area contributed by atoms with Crippen molar-refractivity contribution in [3.05, 3.63) is 29.8 Å². The minimum absolute atomic E-state index is 0.000000000000000444. The topological polar surface area (TPSA) is 32.3 Å². The summed E-state index contributed by atoms with van der Waals surface area (Å²) in [6, 6.07) is 3.37. The summed E-state index contributed by atoms with van der Waals surface area (Å²) in [5, 5.41) is 11.2. The van der Waals surface area contributed by atoms with Crippen molar-refractivity contribution >= 4 is 0 Å². The van der Waals surface area contributed by atoms with Gasteiger partial charge in [0.25, 0.3) is 0 Å². The number of phenols is 1. The number of halogens is 3. The molecule has 1 unspecified atom stereocenters. The van der Waals surface area contributed by atoms with Crippen molar-refractivity contribution in [1.29, 1.82) is 0 Å². The van der Waals surface area contributed by atoms with E-state index in [1.54, 1.807) is 0 Å². The number of aromatic hydroxyl groups is 1. The molecule has 0 aliphatic heterocycles. The predicted octanol–water partition coefficient (Wildman–Crippen LogP) is 2.21. The van der Waals surface area contributed by atoms with E-state index in [2.05, 4.69) is 5.32 Å². The maximum absolute atomic E-state index is 12.4. The van der Waals surface area contributed by atoms with E-state index in [0.29, 0.717) is 0 Å². The fourth-order valence-electron chi connectivity index (χ4n) is 1.22. The van der Waals surface area contributed by atoms with Gasteiger partial charge in [0.15, 0.2) is 0 Å². The Morgan fingerprint density at radius 3 is 2.43 bits per heavy atom. The van der Waals surface area contributed by atoms with Crippen LogP contribution in [-0.2, 0) is 0 Å². The third kappa shape index (κ3) is 2.38. The second-order valence-electron chi connectivity index (χ2n) is 2.86. The molecule has 0 aliphatic rings. The lowest BCUT2D eigenvalue weighted by Crippen LogP contribution is -2.31. The monoisotopic (exact) mass is 205 g/mol. The molecule has 0 saturated heterocycles. The number of hydrogen-bond donors (Lipinski definition) is 2. The van der Waals surface area contributed by atoms with E-state index in [9.17, 15) is 13.2 Å². The second-order valence-corrected chi connectivity index (χ2v) is 2.86. The third-order valence-electron chi connectivity index (χ3n) is 1.82. The van der Waals surface area contributed by atoms with Crippen LogP contribution in [0.25, 0.3) is 0 Å². The normalized spacial score (nSPS) is 14.0. The average molecular weight is 205 g/mol. The number of nitrogens with one attached hydrogen (secondary N) is 1. The Morgan fingerprint density at radius 1 is 1.36 bits per heavy atom. The summed E-state index contributed by atoms with van der Waals surface area (Å²) in [5.74, 6) is -0.174. The molecule has 0 radical (unpaired) electrons. The largest absolute Gasteiger partial charge is 0.508 e. The van der Waals surface area contributed by atoms with Crippen molar-refractivity contribution in [2.45, 2.75) is 12.2 Å². The minimum Gasteiger partial charge on any atom is -0.508 e. The molecule has 5 heteroatoms. The molecule has 14 heavy (non-hydrogen) atoms. The van der Waals surface area contributed by atoms with Crippen molar-refractivity contribution in [2.24, 2.45) is 0 Å².